The van der Waals surface area contributed by atoms with E-state index >= 15 is 0 Å². The summed E-state index contributed by atoms with van der Waals surface area (Å²) < 4.78 is 16.1. The van der Waals surface area contributed by atoms with Gasteiger partial charge in [0, 0.05) is 0 Å². The van der Waals surface area contributed by atoms with Gasteiger partial charge in [-0.25, -0.2) is 9.59 Å². The third-order valence-corrected chi connectivity index (χ3v) is 3.38. The van der Waals surface area contributed by atoms with E-state index in [-0.39, 0.29) is 18.1 Å². The molecule has 0 saturated carbocycles. The van der Waals surface area contributed by atoms with Crippen molar-refractivity contribution < 1.29 is 28.9 Å². The summed E-state index contributed by atoms with van der Waals surface area (Å²) in [5.74, 6) is -1.04. The van der Waals surface area contributed by atoms with E-state index in [2.05, 4.69) is 0 Å². The predicted molar refractivity (Wildman–Crippen MR) is 91.2 cm³/mol. The standard InChI is InChI=1S/C19H20O6/c1-2-3-12-23-19(22)15-9-5-7-11-17(15)25-13-24-16-10-6-4-8-14(16)18(20)21/h4-11H,2-3,12-13H2,1H3,(H,20,21). The second-order valence-electron chi connectivity index (χ2n) is 5.19. The number of hydrogen-bond donors (Lipinski definition) is 1. The molecule has 0 atom stereocenters. The van der Waals surface area contributed by atoms with Crippen molar-refractivity contribution >= 4 is 11.9 Å². The third-order valence-electron chi connectivity index (χ3n) is 3.38. The van der Waals surface area contributed by atoms with Gasteiger partial charge in [-0.05, 0) is 30.7 Å². The van der Waals surface area contributed by atoms with Crippen LogP contribution in [0.4, 0.5) is 0 Å². The van der Waals surface area contributed by atoms with E-state index in [9.17, 15) is 9.59 Å². The zero-order chi connectivity index (χ0) is 18.1. The molecule has 0 aliphatic carbocycles. The van der Waals surface area contributed by atoms with Crippen LogP contribution in [0, 0.1) is 0 Å². The number of carbonyl (C=O) groups excluding carboxylic acids is 1. The van der Waals surface area contributed by atoms with Gasteiger partial charge in [0.25, 0.3) is 0 Å². The molecule has 0 aliphatic heterocycles. The quantitative estimate of drug-likeness (QED) is 0.424. The maximum atomic E-state index is 12.1. The monoisotopic (exact) mass is 344 g/mol. The molecule has 0 bridgehead atoms. The van der Waals surface area contributed by atoms with Crippen molar-refractivity contribution in [3.05, 3.63) is 59.7 Å². The molecule has 0 aliphatic rings. The zero-order valence-electron chi connectivity index (χ0n) is 13.9. The first-order valence-corrected chi connectivity index (χ1v) is 7.97. The Morgan fingerprint density at radius 2 is 1.48 bits per heavy atom. The molecule has 0 saturated heterocycles. The summed E-state index contributed by atoms with van der Waals surface area (Å²) in [6.45, 7) is 2.13. The Hall–Kier alpha value is -3.02. The van der Waals surface area contributed by atoms with Crippen LogP contribution in [0.2, 0.25) is 0 Å². The maximum Gasteiger partial charge on any atom is 0.341 e. The highest BCUT2D eigenvalue weighted by atomic mass is 16.7. The first-order chi connectivity index (χ1) is 12.1. The normalized spacial score (nSPS) is 10.1. The lowest BCUT2D eigenvalue weighted by Gasteiger charge is -2.13. The van der Waals surface area contributed by atoms with E-state index in [4.69, 9.17) is 19.3 Å². The summed E-state index contributed by atoms with van der Waals surface area (Å²) in [7, 11) is 0. The molecular weight excluding hydrogens is 324 g/mol. The van der Waals surface area contributed by atoms with Crippen LogP contribution in [0.3, 0.4) is 0 Å². The molecule has 0 radical (unpaired) electrons. The Bertz CT molecular complexity index is 725. The number of ether oxygens (including phenoxy) is 3. The number of benzene rings is 2. The SMILES string of the molecule is CCCCOC(=O)c1ccccc1OCOc1ccccc1C(=O)O. The topological polar surface area (TPSA) is 82.1 Å². The summed E-state index contributed by atoms with van der Waals surface area (Å²) in [6, 6.07) is 12.9. The Morgan fingerprint density at radius 3 is 2.08 bits per heavy atom. The van der Waals surface area contributed by atoms with Crippen molar-refractivity contribution in [2.45, 2.75) is 19.8 Å². The molecule has 2 aromatic rings. The van der Waals surface area contributed by atoms with Crippen LogP contribution >= 0.6 is 0 Å². The van der Waals surface area contributed by atoms with Gasteiger partial charge in [-0.2, -0.15) is 0 Å². The Balaban J connectivity index is 2.00. The molecular formula is C19H20O6. The second-order valence-corrected chi connectivity index (χ2v) is 5.19. The Morgan fingerprint density at radius 1 is 0.920 bits per heavy atom. The van der Waals surface area contributed by atoms with E-state index in [0.29, 0.717) is 17.9 Å². The summed E-state index contributed by atoms with van der Waals surface area (Å²) in [5.41, 5.74) is 0.340. The largest absolute Gasteiger partial charge is 0.478 e. The van der Waals surface area contributed by atoms with Gasteiger partial charge in [0.05, 0.1) is 6.61 Å². The molecule has 0 aromatic heterocycles. The second kappa shape index (κ2) is 9.32. The minimum atomic E-state index is -1.09. The fraction of sp³-hybridized carbons (Fsp3) is 0.263. The Labute approximate surface area is 146 Å². The van der Waals surface area contributed by atoms with Crippen molar-refractivity contribution in [1.82, 2.24) is 0 Å². The van der Waals surface area contributed by atoms with Crippen LogP contribution in [0.1, 0.15) is 40.5 Å². The highest BCUT2D eigenvalue weighted by Gasteiger charge is 2.14. The van der Waals surface area contributed by atoms with Crippen LogP contribution in [0.15, 0.2) is 48.5 Å². The Kier molecular flexibility index (Phi) is 6.83. The number of para-hydroxylation sites is 2. The molecule has 1 N–H and O–H groups in total. The number of carboxylic acids is 1. The lowest BCUT2D eigenvalue weighted by molar-refractivity contribution is 0.0488. The number of rotatable bonds is 9. The van der Waals surface area contributed by atoms with Gasteiger partial charge in [-0.1, -0.05) is 37.6 Å². The lowest BCUT2D eigenvalue weighted by Crippen LogP contribution is -2.13. The van der Waals surface area contributed by atoms with E-state index in [1.807, 2.05) is 6.92 Å². The molecule has 0 spiro atoms. The van der Waals surface area contributed by atoms with E-state index in [1.54, 1.807) is 36.4 Å². The smallest absolute Gasteiger partial charge is 0.341 e. The van der Waals surface area contributed by atoms with Gasteiger partial charge in [0.2, 0.25) is 6.79 Å². The van der Waals surface area contributed by atoms with E-state index in [0.717, 1.165) is 12.8 Å². The van der Waals surface area contributed by atoms with Gasteiger partial charge in [0.1, 0.15) is 22.6 Å². The fourth-order valence-electron chi connectivity index (χ4n) is 2.07. The van der Waals surface area contributed by atoms with Crippen LogP contribution in [0.25, 0.3) is 0 Å². The van der Waals surface area contributed by atoms with Crippen molar-refractivity contribution in [2.24, 2.45) is 0 Å². The van der Waals surface area contributed by atoms with Crippen LogP contribution in [-0.4, -0.2) is 30.4 Å². The molecule has 25 heavy (non-hydrogen) atoms. The predicted octanol–water partition coefficient (Wildman–Crippen LogP) is 3.76. The summed E-state index contributed by atoms with van der Waals surface area (Å²) >= 11 is 0. The third kappa shape index (κ3) is 5.24. The van der Waals surface area contributed by atoms with Crippen LogP contribution in [0.5, 0.6) is 11.5 Å². The molecule has 132 valence electrons. The number of carboxylic acid groups (broad SMARTS) is 1. The van der Waals surface area contributed by atoms with Crippen molar-refractivity contribution in [3.63, 3.8) is 0 Å². The van der Waals surface area contributed by atoms with E-state index in [1.165, 1.54) is 12.1 Å². The highest BCUT2D eigenvalue weighted by molar-refractivity contribution is 5.92. The number of hydrogen-bond acceptors (Lipinski definition) is 5. The van der Waals surface area contributed by atoms with E-state index < -0.39 is 11.9 Å². The number of unbranched alkanes of at least 4 members (excludes halogenated alkanes) is 1. The van der Waals surface area contributed by atoms with Crippen LogP contribution in [-0.2, 0) is 4.74 Å². The van der Waals surface area contributed by atoms with Gasteiger partial charge in [-0.3, -0.25) is 0 Å². The number of carbonyl (C=O) groups is 2. The highest BCUT2D eigenvalue weighted by Crippen LogP contribution is 2.21. The first kappa shape index (κ1) is 18.3. The molecule has 0 heterocycles. The molecule has 0 amide bonds. The van der Waals surface area contributed by atoms with Gasteiger partial charge in [-0.15, -0.1) is 0 Å². The van der Waals surface area contributed by atoms with Crippen molar-refractivity contribution in [2.75, 3.05) is 13.4 Å². The zero-order valence-corrected chi connectivity index (χ0v) is 13.9. The van der Waals surface area contributed by atoms with Gasteiger partial charge in [0.15, 0.2) is 0 Å². The molecule has 0 unspecified atom stereocenters. The minimum absolute atomic E-state index is 0.0401. The number of aromatic carboxylic acids is 1. The molecule has 0 fully saturated rings. The minimum Gasteiger partial charge on any atom is -0.478 e. The molecule has 6 nitrogen and oxygen atoms in total. The number of esters is 1. The average molecular weight is 344 g/mol. The molecule has 2 aromatic carbocycles. The van der Waals surface area contributed by atoms with Crippen molar-refractivity contribution in [3.8, 4) is 11.5 Å². The fourth-order valence-corrected chi connectivity index (χ4v) is 2.07. The van der Waals surface area contributed by atoms with Crippen LogP contribution < -0.4 is 9.47 Å². The summed E-state index contributed by atoms with van der Waals surface area (Å²) in [4.78, 5) is 23.2. The maximum absolute atomic E-state index is 12.1. The lowest BCUT2D eigenvalue weighted by atomic mass is 10.2. The van der Waals surface area contributed by atoms with Crippen molar-refractivity contribution in [1.29, 1.82) is 0 Å². The van der Waals surface area contributed by atoms with Gasteiger partial charge < -0.3 is 19.3 Å². The summed E-state index contributed by atoms with van der Waals surface area (Å²) in [5, 5.41) is 9.12. The first-order valence-electron chi connectivity index (χ1n) is 7.97. The summed E-state index contributed by atoms with van der Waals surface area (Å²) in [6.07, 6.45) is 1.73. The molecule has 6 heteroatoms. The van der Waals surface area contributed by atoms with Gasteiger partial charge >= 0.3 is 11.9 Å². The molecule has 2 rings (SSSR count). The average Bonchev–Trinajstić information content (AvgIpc) is 2.62.